The zero-order valence-electron chi connectivity index (χ0n) is 9.64. The van der Waals surface area contributed by atoms with Crippen LogP contribution in [-0.4, -0.2) is 11.6 Å². The van der Waals surface area contributed by atoms with Crippen molar-refractivity contribution in [2.75, 3.05) is 0 Å². The third kappa shape index (κ3) is 0.761. The average Bonchev–Trinajstić information content (AvgIpc) is 3.03. The van der Waals surface area contributed by atoms with Gasteiger partial charge in [0.05, 0.1) is 5.41 Å². The van der Waals surface area contributed by atoms with Crippen LogP contribution in [0.25, 0.3) is 0 Å². The van der Waals surface area contributed by atoms with Gasteiger partial charge in [-0.2, -0.15) is 0 Å². The number of Topliss-reactive ketones (excluding diaryl/α,β-unsaturated/α-hetero) is 2. The molecule has 0 radical (unpaired) electrons. The maximum absolute atomic E-state index is 12.4. The maximum atomic E-state index is 12.4. The normalized spacial score (nSPS) is 55.1. The molecule has 0 spiro atoms. The van der Waals surface area contributed by atoms with Gasteiger partial charge in [0.15, 0.2) is 0 Å². The zero-order valence-corrected chi connectivity index (χ0v) is 9.64. The lowest BCUT2D eigenvalue weighted by Crippen LogP contribution is -2.40. The molecule has 0 aromatic rings. The molecule has 0 aromatic carbocycles. The van der Waals surface area contributed by atoms with Gasteiger partial charge in [-0.25, -0.2) is 0 Å². The Hall–Kier alpha value is -0.920. The zero-order chi connectivity index (χ0) is 11.2. The number of hydrogen-bond donors (Lipinski definition) is 0. The molecule has 0 aromatic heterocycles. The van der Waals surface area contributed by atoms with Crippen molar-refractivity contribution in [3.63, 3.8) is 0 Å². The van der Waals surface area contributed by atoms with Gasteiger partial charge in [-0.15, -0.1) is 0 Å². The molecule has 0 aliphatic heterocycles. The fraction of sp³-hybridized carbons (Fsp3) is 0.714. The van der Waals surface area contributed by atoms with Crippen LogP contribution in [0.5, 0.6) is 0 Å². The molecule has 0 saturated heterocycles. The Balaban J connectivity index is 1.88. The van der Waals surface area contributed by atoms with Crippen LogP contribution in [-0.2, 0) is 9.59 Å². The third-order valence-corrected chi connectivity index (χ3v) is 5.49. The highest BCUT2D eigenvalue weighted by Crippen LogP contribution is 2.67. The van der Waals surface area contributed by atoms with E-state index < -0.39 is 5.41 Å². The van der Waals surface area contributed by atoms with Gasteiger partial charge in [0.25, 0.3) is 0 Å². The van der Waals surface area contributed by atoms with E-state index >= 15 is 0 Å². The van der Waals surface area contributed by atoms with Gasteiger partial charge in [-0.05, 0) is 43.9 Å². The lowest BCUT2D eigenvalue weighted by atomic mass is 9.63. The summed E-state index contributed by atoms with van der Waals surface area (Å²) in [7, 11) is 0. The molecule has 5 rings (SSSR count). The number of rotatable bonds is 0. The van der Waals surface area contributed by atoms with Crippen LogP contribution in [0.3, 0.4) is 0 Å². The van der Waals surface area contributed by atoms with Crippen LogP contribution >= 0.6 is 0 Å². The van der Waals surface area contributed by atoms with E-state index in [2.05, 4.69) is 12.2 Å². The molecule has 0 amide bonds. The fourth-order valence-electron chi connectivity index (χ4n) is 4.54. The van der Waals surface area contributed by atoms with Crippen LogP contribution in [0, 0.1) is 40.9 Å². The summed E-state index contributed by atoms with van der Waals surface area (Å²) in [5.41, 5.74) is -0.714. The largest absolute Gasteiger partial charge is 0.298 e. The first kappa shape index (κ1) is 9.15. The molecular formula is C14H16O2. The Labute approximate surface area is 95.1 Å². The highest BCUT2D eigenvalue weighted by atomic mass is 16.2. The van der Waals surface area contributed by atoms with Gasteiger partial charge in [-0.1, -0.05) is 12.2 Å². The molecule has 5 aliphatic carbocycles. The van der Waals surface area contributed by atoms with Crippen molar-refractivity contribution in [2.24, 2.45) is 40.9 Å². The molecule has 2 nitrogen and oxygen atoms in total. The summed E-state index contributed by atoms with van der Waals surface area (Å²) in [6.07, 6.45) is 5.70. The molecule has 6 atom stereocenters. The Kier molecular flexibility index (Phi) is 1.34. The van der Waals surface area contributed by atoms with Crippen molar-refractivity contribution in [1.82, 2.24) is 0 Å². The van der Waals surface area contributed by atoms with Crippen LogP contribution in [0.2, 0.25) is 0 Å². The minimum absolute atomic E-state index is 0.0289. The van der Waals surface area contributed by atoms with E-state index in [9.17, 15) is 9.59 Å². The maximum Gasteiger partial charge on any atom is 0.150 e. The van der Waals surface area contributed by atoms with E-state index in [1.165, 1.54) is 6.42 Å². The van der Waals surface area contributed by atoms with Crippen molar-refractivity contribution in [2.45, 2.75) is 20.3 Å². The molecule has 3 saturated carbocycles. The second-order valence-electron chi connectivity index (χ2n) is 6.51. The molecular weight excluding hydrogens is 200 g/mol. The Morgan fingerprint density at radius 1 is 1.00 bits per heavy atom. The molecule has 84 valence electrons. The number of allylic oxidation sites excluding steroid dienone is 2. The molecule has 0 N–H and O–H groups in total. The van der Waals surface area contributed by atoms with Crippen LogP contribution in [0.15, 0.2) is 12.2 Å². The lowest BCUT2D eigenvalue weighted by molar-refractivity contribution is -0.134. The fourth-order valence-corrected chi connectivity index (χ4v) is 4.54. The Morgan fingerprint density at radius 3 is 1.88 bits per heavy atom. The molecule has 16 heavy (non-hydrogen) atoms. The van der Waals surface area contributed by atoms with Crippen molar-refractivity contribution in [3.8, 4) is 0 Å². The quantitative estimate of drug-likeness (QED) is 0.457. The summed E-state index contributed by atoms with van der Waals surface area (Å²) in [6.45, 7) is 3.64. The van der Waals surface area contributed by atoms with E-state index in [4.69, 9.17) is 0 Å². The SMILES string of the molecule is CC1(C)C(=O)C2C3C=CC(C4CC34)C2C1=O. The smallest absolute Gasteiger partial charge is 0.150 e. The summed E-state index contributed by atoms with van der Waals surface area (Å²) >= 11 is 0. The van der Waals surface area contributed by atoms with Gasteiger partial charge in [0.1, 0.15) is 11.6 Å². The Morgan fingerprint density at radius 2 is 1.44 bits per heavy atom. The summed E-state index contributed by atoms with van der Waals surface area (Å²) < 4.78 is 0. The van der Waals surface area contributed by atoms with Gasteiger partial charge in [0, 0.05) is 11.8 Å². The summed E-state index contributed by atoms with van der Waals surface area (Å²) in [5.74, 6) is 2.71. The number of ketones is 2. The summed E-state index contributed by atoms with van der Waals surface area (Å²) in [5, 5.41) is 0. The van der Waals surface area contributed by atoms with Crippen LogP contribution in [0.1, 0.15) is 20.3 Å². The average molecular weight is 216 g/mol. The van der Waals surface area contributed by atoms with Crippen LogP contribution < -0.4 is 0 Å². The van der Waals surface area contributed by atoms with E-state index in [1.54, 1.807) is 0 Å². The predicted molar refractivity (Wildman–Crippen MR) is 58.5 cm³/mol. The van der Waals surface area contributed by atoms with Crippen molar-refractivity contribution < 1.29 is 9.59 Å². The van der Waals surface area contributed by atoms with Crippen LogP contribution in [0.4, 0.5) is 0 Å². The standard InChI is InChI=1S/C14H16O2/c1-14(2)12(15)10-6-3-4-7(9-5-8(6)9)11(10)13(14)16/h3-4,6-11H,5H2,1-2H3. The van der Waals surface area contributed by atoms with Gasteiger partial charge in [0.2, 0.25) is 0 Å². The second-order valence-corrected chi connectivity index (χ2v) is 6.51. The predicted octanol–water partition coefficient (Wildman–Crippen LogP) is 1.85. The summed E-state index contributed by atoms with van der Waals surface area (Å²) in [6, 6.07) is 0. The van der Waals surface area contributed by atoms with Gasteiger partial charge < -0.3 is 0 Å². The Bertz CT molecular complexity index is 408. The second kappa shape index (κ2) is 2.34. The minimum Gasteiger partial charge on any atom is -0.298 e. The first-order chi connectivity index (χ1) is 7.53. The van der Waals surface area contributed by atoms with E-state index in [1.807, 2.05) is 13.8 Å². The number of carbonyl (C=O) groups is 2. The van der Waals surface area contributed by atoms with Gasteiger partial charge in [-0.3, -0.25) is 9.59 Å². The topological polar surface area (TPSA) is 34.1 Å². The molecule has 3 fully saturated rings. The first-order valence-electron chi connectivity index (χ1n) is 6.30. The first-order valence-corrected chi connectivity index (χ1v) is 6.30. The molecule has 6 unspecified atom stereocenters. The molecule has 2 bridgehead atoms. The monoisotopic (exact) mass is 216 g/mol. The number of carbonyl (C=O) groups excluding carboxylic acids is 2. The third-order valence-electron chi connectivity index (χ3n) is 5.49. The highest BCUT2D eigenvalue weighted by molar-refractivity contribution is 6.15. The lowest BCUT2D eigenvalue weighted by Gasteiger charge is -2.39. The number of hydrogen-bond acceptors (Lipinski definition) is 2. The summed E-state index contributed by atoms with van der Waals surface area (Å²) in [4.78, 5) is 24.7. The van der Waals surface area contributed by atoms with Crippen molar-refractivity contribution in [3.05, 3.63) is 12.2 Å². The van der Waals surface area contributed by atoms with Crippen molar-refractivity contribution in [1.29, 1.82) is 0 Å². The molecule has 5 aliphatic rings. The van der Waals surface area contributed by atoms with E-state index in [0.29, 0.717) is 11.8 Å². The molecule has 2 heteroatoms. The van der Waals surface area contributed by atoms with Gasteiger partial charge >= 0.3 is 0 Å². The van der Waals surface area contributed by atoms with E-state index in [-0.39, 0.29) is 23.4 Å². The van der Waals surface area contributed by atoms with Crippen molar-refractivity contribution >= 4 is 11.6 Å². The van der Waals surface area contributed by atoms with E-state index in [0.717, 1.165) is 11.8 Å². The minimum atomic E-state index is -0.714. The highest BCUT2D eigenvalue weighted by Gasteiger charge is 2.68. The molecule has 0 heterocycles.